The maximum atomic E-state index is 11.8. The Labute approximate surface area is 96.8 Å². The fraction of sp³-hybridized carbons (Fsp3) is 0.667. The van der Waals surface area contributed by atoms with Crippen molar-refractivity contribution in [3.63, 3.8) is 0 Å². The number of aromatic amines is 1. The molecule has 1 rings (SSSR count). The molecule has 4 heteroatoms. The number of amides is 1. The van der Waals surface area contributed by atoms with Crippen LogP contribution in [0, 0.1) is 13.8 Å². The van der Waals surface area contributed by atoms with Crippen molar-refractivity contribution in [3.8, 4) is 0 Å². The minimum atomic E-state index is -0.0137. The lowest BCUT2D eigenvalue weighted by Gasteiger charge is -2.04. The van der Waals surface area contributed by atoms with Gasteiger partial charge in [-0.3, -0.25) is 9.89 Å². The molecule has 0 saturated heterocycles. The third-order valence-electron chi connectivity index (χ3n) is 2.67. The van der Waals surface area contributed by atoms with Gasteiger partial charge in [0.2, 0.25) is 0 Å². The maximum Gasteiger partial charge on any atom is 0.255 e. The second-order valence-electron chi connectivity index (χ2n) is 4.13. The van der Waals surface area contributed by atoms with Crippen molar-refractivity contribution >= 4 is 5.91 Å². The fourth-order valence-corrected chi connectivity index (χ4v) is 1.73. The molecule has 0 aliphatic carbocycles. The molecule has 0 unspecified atom stereocenters. The van der Waals surface area contributed by atoms with Gasteiger partial charge < -0.3 is 5.32 Å². The van der Waals surface area contributed by atoms with Crippen molar-refractivity contribution in [3.05, 3.63) is 17.0 Å². The van der Waals surface area contributed by atoms with Crippen LogP contribution < -0.4 is 5.32 Å². The first-order chi connectivity index (χ1) is 7.66. The van der Waals surface area contributed by atoms with Gasteiger partial charge in [-0.25, -0.2) is 0 Å². The van der Waals surface area contributed by atoms with Crippen molar-refractivity contribution in [2.24, 2.45) is 0 Å². The van der Waals surface area contributed by atoms with Gasteiger partial charge in [0.25, 0.3) is 5.91 Å². The Kier molecular flexibility index (Phi) is 5.02. The summed E-state index contributed by atoms with van der Waals surface area (Å²) in [5, 5.41) is 9.75. The van der Waals surface area contributed by atoms with Crippen LogP contribution in [0.4, 0.5) is 0 Å². The molecular weight excluding hydrogens is 202 g/mol. The monoisotopic (exact) mass is 223 g/mol. The summed E-state index contributed by atoms with van der Waals surface area (Å²) in [5.74, 6) is -0.0137. The van der Waals surface area contributed by atoms with E-state index in [1.165, 1.54) is 19.3 Å². The van der Waals surface area contributed by atoms with Crippen molar-refractivity contribution in [2.45, 2.75) is 46.5 Å². The van der Waals surface area contributed by atoms with Crippen LogP contribution in [0.1, 0.15) is 54.4 Å². The number of unbranched alkanes of at least 4 members (excludes halogenated alkanes) is 3. The highest BCUT2D eigenvalue weighted by Gasteiger charge is 2.13. The van der Waals surface area contributed by atoms with Crippen LogP contribution in [0.15, 0.2) is 0 Å². The van der Waals surface area contributed by atoms with E-state index in [1.54, 1.807) is 0 Å². The van der Waals surface area contributed by atoms with Gasteiger partial charge in [0.05, 0.1) is 11.3 Å². The van der Waals surface area contributed by atoms with Crippen molar-refractivity contribution in [1.29, 1.82) is 0 Å². The lowest BCUT2D eigenvalue weighted by Crippen LogP contribution is -2.25. The van der Waals surface area contributed by atoms with E-state index in [0.29, 0.717) is 5.56 Å². The van der Waals surface area contributed by atoms with Gasteiger partial charge in [-0.15, -0.1) is 0 Å². The largest absolute Gasteiger partial charge is 0.352 e. The maximum absolute atomic E-state index is 11.8. The molecule has 0 bridgehead atoms. The SMILES string of the molecule is CCCCCCNC(=O)c1c(C)n[nH]c1C. The number of hydrogen-bond donors (Lipinski definition) is 2. The number of rotatable bonds is 6. The summed E-state index contributed by atoms with van der Waals surface area (Å²) in [5.41, 5.74) is 2.29. The predicted octanol–water partition coefficient (Wildman–Crippen LogP) is 2.34. The molecule has 1 amide bonds. The van der Waals surface area contributed by atoms with Crippen molar-refractivity contribution in [1.82, 2.24) is 15.5 Å². The number of aryl methyl sites for hydroxylation is 2. The summed E-state index contributed by atoms with van der Waals surface area (Å²) < 4.78 is 0. The summed E-state index contributed by atoms with van der Waals surface area (Å²) in [7, 11) is 0. The zero-order valence-corrected chi connectivity index (χ0v) is 10.4. The lowest BCUT2D eigenvalue weighted by atomic mass is 10.1. The van der Waals surface area contributed by atoms with E-state index in [-0.39, 0.29) is 5.91 Å². The van der Waals surface area contributed by atoms with Crippen LogP contribution >= 0.6 is 0 Å². The zero-order valence-electron chi connectivity index (χ0n) is 10.4. The first-order valence-corrected chi connectivity index (χ1v) is 5.96. The molecule has 1 aromatic heterocycles. The van der Waals surface area contributed by atoms with Crippen molar-refractivity contribution in [2.75, 3.05) is 6.54 Å². The van der Waals surface area contributed by atoms with Crippen LogP contribution in [0.2, 0.25) is 0 Å². The third kappa shape index (κ3) is 3.36. The van der Waals surface area contributed by atoms with Gasteiger partial charge >= 0.3 is 0 Å². The Hall–Kier alpha value is -1.32. The molecule has 0 spiro atoms. The Morgan fingerprint density at radius 1 is 1.31 bits per heavy atom. The second-order valence-corrected chi connectivity index (χ2v) is 4.13. The average molecular weight is 223 g/mol. The molecule has 0 atom stereocenters. The first kappa shape index (κ1) is 12.7. The van der Waals surface area contributed by atoms with E-state index in [4.69, 9.17) is 0 Å². The van der Waals surface area contributed by atoms with E-state index in [2.05, 4.69) is 22.4 Å². The van der Waals surface area contributed by atoms with Crippen LogP contribution in [0.25, 0.3) is 0 Å². The molecule has 16 heavy (non-hydrogen) atoms. The van der Waals surface area contributed by atoms with Gasteiger partial charge in [0.1, 0.15) is 0 Å². The molecule has 0 radical (unpaired) electrons. The van der Waals surface area contributed by atoms with Gasteiger partial charge in [0.15, 0.2) is 0 Å². The minimum absolute atomic E-state index is 0.0137. The number of carbonyl (C=O) groups is 1. The Balaban J connectivity index is 2.36. The van der Waals surface area contributed by atoms with E-state index >= 15 is 0 Å². The highest BCUT2D eigenvalue weighted by molar-refractivity contribution is 5.96. The molecule has 0 aliphatic rings. The van der Waals surface area contributed by atoms with E-state index in [1.807, 2.05) is 13.8 Å². The Bertz CT molecular complexity index is 325. The molecule has 90 valence electrons. The summed E-state index contributed by atoms with van der Waals surface area (Å²) in [6.07, 6.45) is 4.68. The first-order valence-electron chi connectivity index (χ1n) is 5.96. The Morgan fingerprint density at radius 3 is 2.62 bits per heavy atom. The lowest BCUT2D eigenvalue weighted by molar-refractivity contribution is 0.0952. The summed E-state index contributed by atoms with van der Waals surface area (Å²) in [6.45, 7) is 6.64. The molecule has 1 aromatic rings. The van der Waals surface area contributed by atoms with Gasteiger partial charge in [-0.1, -0.05) is 26.2 Å². The molecule has 0 aliphatic heterocycles. The third-order valence-corrected chi connectivity index (χ3v) is 2.67. The van der Waals surface area contributed by atoms with Crippen LogP contribution in [-0.4, -0.2) is 22.6 Å². The Morgan fingerprint density at radius 2 is 2.06 bits per heavy atom. The minimum Gasteiger partial charge on any atom is -0.352 e. The van der Waals surface area contributed by atoms with E-state index < -0.39 is 0 Å². The topological polar surface area (TPSA) is 57.8 Å². The number of nitrogens with one attached hydrogen (secondary N) is 2. The fourth-order valence-electron chi connectivity index (χ4n) is 1.73. The predicted molar refractivity (Wildman–Crippen MR) is 64.5 cm³/mol. The normalized spacial score (nSPS) is 10.4. The molecule has 4 nitrogen and oxygen atoms in total. The standard InChI is InChI=1S/C12H21N3O/c1-4-5-6-7-8-13-12(16)11-9(2)14-15-10(11)3/h4-8H2,1-3H3,(H,13,16)(H,14,15). The number of carbonyl (C=O) groups excluding carboxylic acids is 1. The molecular formula is C12H21N3O. The van der Waals surface area contributed by atoms with E-state index in [0.717, 1.165) is 24.4 Å². The average Bonchev–Trinajstić information content (AvgIpc) is 2.58. The van der Waals surface area contributed by atoms with Crippen LogP contribution in [-0.2, 0) is 0 Å². The number of nitrogens with zero attached hydrogens (tertiary/aromatic N) is 1. The summed E-state index contributed by atoms with van der Waals surface area (Å²) in [4.78, 5) is 11.8. The number of hydrogen-bond acceptors (Lipinski definition) is 2. The molecule has 0 saturated carbocycles. The molecule has 1 heterocycles. The number of H-pyrrole nitrogens is 1. The van der Waals surface area contributed by atoms with Gasteiger partial charge in [-0.2, -0.15) is 5.10 Å². The molecule has 0 fully saturated rings. The van der Waals surface area contributed by atoms with E-state index in [9.17, 15) is 4.79 Å². The van der Waals surface area contributed by atoms with Gasteiger partial charge in [0, 0.05) is 12.2 Å². The van der Waals surface area contributed by atoms with Crippen LogP contribution in [0.3, 0.4) is 0 Å². The summed E-state index contributed by atoms with van der Waals surface area (Å²) in [6, 6.07) is 0. The smallest absolute Gasteiger partial charge is 0.255 e. The quantitative estimate of drug-likeness (QED) is 0.727. The second kappa shape index (κ2) is 6.30. The zero-order chi connectivity index (χ0) is 12.0. The number of aromatic nitrogens is 2. The van der Waals surface area contributed by atoms with Crippen LogP contribution in [0.5, 0.6) is 0 Å². The van der Waals surface area contributed by atoms with Gasteiger partial charge in [-0.05, 0) is 20.3 Å². The highest BCUT2D eigenvalue weighted by atomic mass is 16.1. The molecule has 2 N–H and O–H groups in total. The molecule has 0 aromatic carbocycles. The highest BCUT2D eigenvalue weighted by Crippen LogP contribution is 2.08. The van der Waals surface area contributed by atoms with Crippen molar-refractivity contribution < 1.29 is 4.79 Å². The summed E-state index contributed by atoms with van der Waals surface area (Å²) >= 11 is 0.